The summed E-state index contributed by atoms with van der Waals surface area (Å²) < 4.78 is 0. The fraction of sp³-hybridized carbons (Fsp3) is 0.615. The number of anilines is 2. The number of hydrogen-bond donors (Lipinski definition) is 2. The van der Waals surface area contributed by atoms with Crippen molar-refractivity contribution in [2.75, 3.05) is 50.5 Å². The highest BCUT2D eigenvalue weighted by atomic mass is 15.3. The lowest BCUT2D eigenvalue weighted by molar-refractivity contribution is 0.346. The third-order valence-electron chi connectivity index (χ3n) is 3.83. The molecule has 2 aromatic rings. The van der Waals surface area contributed by atoms with Crippen molar-refractivity contribution in [2.24, 2.45) is 0 Å². The Balaban J connectivity index is 1.78. The Hall–Kier alpha value is -1.89. The molecule has 3 rings (SSSR count). The SMILES string of the molecule is CNc1nc(N(C)CCN2CCCC2)c2cn[nH]c2n1. The summed E-state index contributed by atoms with van der Waals surface area (Å²) in [6.07, 6.45) is 4.44. The van der Waals surface area contributed by atoms with Gasteiger partial charge in [0.2, 0.25) is 5.95 Å². The molecular weight excluding hydrogens is 254 g/mol. The lowest BCUT2D eigenvalue weighted by Gasteiger charge is -2.22. The van der Waals surface area contributed by atoms with Crippen LogP contribution in [-0.2, 0) is 0 Å². The predicted octanol–water partition coefficient (Wildman–Crippen LogP) is 0.927. The van der Waals surface area contributed by atoms with Gasteiger partial charge in [0.15, 0.2) is 5.65 Å². The van der Waals surface area contributed by atoms with Gasteiger partial charge in [0.25, 0.3) is 0 Å². The molecule has 1 saturated heterocycles. The van der Waals surface area contributed by atoms with E-state index in [0.29, 0.717) is 5.95 Å². The number of aromatic nitrogens is 4. The van der Waals surface area contributed by atoms with Crippen LogP contribution in [0.1, 0.15) is 12.8 Å². The van der Waals surface area contributed by atoms with Gasteiger partial charge in [-0.3, -0.25) is 5.10 Å². The summed E-state index contributed by atoms with van der Waals surface area (Å²) in [5.74, 6) is 1.54. The first-order valence-electron chi connectivity index (χ1n) is 7.10. The summed E-state index contributed by atoms with van der Waals surface area (Å²) in [5, 5.41) is 10.9. The quantitative estimate of drug-likeness (QED) is 0.845. The lowest BCUT2D eigenvalue weighted by Crippen LogP contribution is -2.32. The average Bonchev–Trinajstić information content (AvgIpc) is 3.14. The van der Waals surface area contributed by atoms with Crippen LogP contribution < -0.4 is 10.2 Å². The third-order valence-corrected chi connectivity index (χ3v) is 3.83. The fourth-order valence-electron chi connectivity index (χ4n) is 2.63. The summed E-state index contributed by atoms with van der Waals surface area (Å²) in [4.78, 5) is 13.6. The Labute approximate surface area is 118 Å². The second-order valence-corrected chi connectivity index (χ2v) is 5.22. The van der Waals surface area contributed by atoms with Gasteiger partial charge in [-0.2, -0.15) is 15.1 Å². The van der Waals surface area contributed by atoms with Crippen molar-refractivity contribution >= 4 is 22.8 Å². The Morgan fingerprint density at radius 3 is 2.90 bits per heavy atom. The lowest BCUT2D eigenvalue weighted by atomic mass is 10.3. The number of likely N-dealkylation sites (N-methyl/N-ethyl adjacent to an activating group) is 1. The van der Waals surface area contributed by atoms with Crippen molar-refractivity contribution in [3.05, 3.63) is 6.20 Å². The van der Waals surface area contributed by atoms with E-state index in [9.17, 15) is 0 Å². The summed E-state index contributed by atoms with van der Waals surface area (Å²) in [6, 6.07) is 0. The smallest absolute Gasteiger partial charge is 0.226 e. The molecule has 1 aliphatic heterocycles. The van der Waals surface area contributed by atoms with Crippen LogP contribution in [0, 0.1) is 0 Å². The van der Waals surface area contributed by atoms with E-state index in [1.807, 2.05) is 7.05 Å². The van der Waals surface area contributed by atoms with Crippen molar-refractivity contribution in [1.82, 2.24) is 25.1 Å². The molecule has 7 nitrogen and oxygen atoms in total. The van der Waals surface area contributed by atoms with Gasteiger partial charge < -0.3 is 15.1 Å². The van der Waals surface area contributed by atoms with Gasteiger partial charge in [0.1, 0.15) is 5.82 Å². The molecule has 0 radical (unpaired) electrons. The monoisotopic (exact) mass is 275 g/mol. The van der Waals surface area contributed by atoms with E-state index in [1.54, 1.807) is 6.20 Å². The minimum atomic E-state index is 0.616. The zero-order chi connectivity index (χ0) is 13.9. The number of rotatable bonds is 5. The fourth-order valence-corrected chi connectivity index (χ4v) is 2.63. The van der Waals surface area contributed by atoms with Crippen LogP contribution >= 0.6 is 0 Å². The molecule has 3 heterocycles. The molecule has 2 aromatic heterocycles. The first-order chi connectivity index (χ1) is 9.78. The normalized spacial score (nSPS) is 15.9. The Bertz CT molecular complexity index is 573. The number of aromatic amines is 1. The topological polar surface area (TPSA) is 73.0 Å². The molecule has 1 fully saturated rings. The van der Waals surface area contributed by atoms with Gasteiger partial charge in [-0.1, -0.05) is 0 Å². The minimum absolute atomic E-state index is 0.616. The van der Waals surface area contributed by atoms with Crippen LogP contribution in [0.4, 0.5) is 11.8 Å². The Morgan fingerprint density at radius 2 is 2.15 bits per heavy atom. The number of likely N-dealkylation sites (tertiary alicyclic amines) is 1. The number of nitrogens with zero attached hydrogens (tertiary/aromatic N) is 5. The maximum absolute atomic E-state index is 4.56. The van der Waals surface area contributed by atoms with Gasteiger partial charge in [0.05, 0.1) is 11.6 Å². The largest absolute Gasteiger partial charge is 0.358 e. The van der Waals surface area contributed by atoms with Crippen LogP contribution in [0.25, 0.3) is 11.0 Å². The molecule has 108 valence electrons. The van der Waals surface area contributed by atoms with Crippen molar-refractivity contribution in [3.8, 4) is 0 Å². The van der Waals surface area contributed by atoms with Gasteiger partial charge in [-0.15, -0.1) is 0 Å². The first kappa shape index (κ1) is 13.1. The second-order valence-electron chi connectivity index (χ2n) is 5.22. The molecular formula is C13H21N7. The molecule has 7 heteroatoms. The summed E-state index contributed by atoms with van der Waals surface area (Å²) >= 11 is 0. The minimum Gasteiger partial charge on any atom is -0.358 e. The number of fused-ring (bicyclic) bond motifs is 1. The van der Waals surface area contributed by atoms with Crippen LogP contribution in [0.2, 0.25) is 0 Å². The van der Waals surface area contributed by atoms with E-state index in [-0.39, 0.29) is 0 Å². The maximum Gasteiger partial charge on any atom is 0.226 e. The molecule has 1 aliphatic rings. The van der Waals surface area contributed by atoms with Gasteiger partial charge in [0, 0.05) is 27.2 Å². The van der Waals surface area contributed by atoms with Gasteiger partial charge in [-0.05, 0) is 25.9 Å². The zero-order valence-electron chi connectivity index (χ0n) is 12.1. The first-order valence-corrected chi connectivity index (χ1v) is 7.10. The van der Waals surface area contributed by atoms with E-state index >= 15 is 0 Å². The van der Waals surface area contributed by atoms with E-state index in [0.717, 1.165) is 29.9 Å². The Kier molecular flexibility index (Phi) is 3.68. The number of nitrogens with one attached hydrogen (secondary N) is 2. The summed E-state index contributed by atoms with van der Waals surface area (Å²) in [5.41, 5.74) is 0.771. The van der Waals surface area contributed by atoms with Gasteiger partial charge in [-0.25, -0.2) is 0 Å². The van der Waals surface area contributed by atoms with Crippen molar-refractivity contribution in [2.45, 2.75) is 12.8 Å². The predicted molar refractivity (Wildman–Crippen MR) is 80.2 cm³/mol. The van der Waals surface area contributed by atoms with E-state index in [2.05, 4.69) is 42.3 Å². The number of H-pyrrole nitrogens is 1. The van der Waals surface area contributed by atoms with Crippen LogP contribution in [0.15, 0.2) is 6.20 Å². The van der Waals surface area contributed by atoms with E-state index < -0.39 is 0 Å². The third kappa shape index (κ3) is 2.53. The molecule has 0 bridgehead atoms. The van der Waals surface area contributed by atoms with Crippen LogP contribution in [0.5, 0.6) is 0 Å². The standard InChI is InChI=1S/C13H21N7/c1-14-13-16-11-10(9-15-18-11)12(17-13)19(2)7-8-20-5-3-4-6-20/h9H,3-8H2,1-2H3,(H2,14,15,16,17,18). The molecule has 0 atom stereocenters. The molecule has 0 aliphatic carbocycles. The highest BCUT2D eigenvalue weighted by Gasteiger charge is 2.15. The zero-order valence-corrected chi connectivity index (χ0v) is 12.1. The molecule has 0 spiro atoms. The van der Waals surface area contributed by atoms with Crippen LogP contribution in [-0.4, -0.2) is 65.3 Å². The second kappa shape index (κ2) is 5.62. The highest BCUT2D eigenvalue weighted by Crippen LogP contribution is 2.22. The summed E-state index contributed by atoms with van der Waals surface area (Å²) in [6.45, 7) is 4.48. The summed E-state index contributed by atoms with van der Waals surface area (Å²) in [7, 11) is 3.90. The molecule has 20 heavy (non-hydrogen) atoms. The van der Waals surface area contributed by atoms with Crippen LogP contribution in [0.3, 0.4) is 0 Å². The molecule has 0 saturated carbocycles. The molecule has 0 amide bonds. The van der Waals surface area contributed by atoms with Crippen molar-refractivity contribution in [3.63, 3.8) is 0 Å². The average molecular weight is 275 g/mol. The highest BCUT2D eigenvalue weighted by molar-refractivity contribution is 5.87. The van der Waals surface area contributed by atoms with E-state index in [1.165, 1.54) is 25.9 Å². The number of hydrogen-bond acceptors (Lipinski definition) is 6. The van der Waals surface area contributed by atoms with Crippen molar-refractivity contribution < 1.29 is 0 Å². The van der Waals surface area contributed by atoms with E-state index in [4.69, 9.17) is 0 Å². The van der Waals surface area contributed by atoms with Crippen molar-refractivity contribution in [1.29, 1.82) is 0 Å². The van der Waals surface area contributed by atoms with Gasteiger partial charge >= 0.3 is 0 Å². The molecule has 2 N–H and O–H groups in total. The Morgan fingerprint density at radius 1 is 1.35 bits per heavy atom. The maximum atomic E-state index is 4.56. The molecule has 0 aromatic carbocycles. The molecule has 0 unspecified atom stereocenters.